The van der Waals surface area contributed by atoms with Gasteiger partial charge in [0.25, 0.3) is 5.56 Å². The maximum atomic E-state index is 14.2. The number of thioether (sulfide) groups is 1. The first-order valence-electron chi connectivity index (χ1n) is 9.04. The predicted octanol–water partition coefficient (Wildman–Crippen LogP) is 4.81. The lowest BCUT2D eigenvalue weighted by Crippen LogP contribution is -2.22. The summed E-state index contributed by atoms with van der Waals surface area (Å²) in [6, 6.07) is 20.6. The van der Waals surface area contributed by atoms with Crippen molar-refractivity contribution in [1.82, 2.24) is 9.55 Å². The summed E-state index contributed by atoms with van der Waals surface area (Å²) in [4.78, 5) is 30.3. The lowest BCUT2D eigenvalue weighted by Gasteiger charge is -2.13. The van der Waals surface area contributed by atoms with Crippen molar-refractivity contribution in [3.8, 4) is 5.69 Å². The zero-order chi connectivity index (χ0) is 20.4. The van der Waals surface area contributed by atoms with Crippen LogP contribution in [0.25, 0.3) is 16.6 Å². The third-order valence-electron chi connectivity index (χ3n) is 4.59. The molecule has 0 aliphatic carbocycles. The van der Waals surface area contributed by atoms with Crippen LogP contribution in [0.3, 0.4) is 0 Å². The second kappa shape index (κ2) is 8.01. The largest absolute Gasteiger partial charge is 0.293 e. The van der Waals surface area contributed by atoms with Crippen molar-refractivity contribution in [1.29, 1.82) is 0 Å². The molecule has 0 atom stereocenters. The first-order valence-corrected chi connectivity index (χ1v) is 10.0. The number of hydrogen-bond acceptors (Lipinski definition) is 4. The van der Waals surface area contributed by atoms with E-state index < -0.39 is 5.82 Å². The van der Waals surface area contributed by atoms with Gasteiger partial charge >= 0.3 is 0 Å². The van der Waals surface area contributed by atoms with E-state index >= 15 is 0 Å². The van der Waals surface area contributed by atoms with E-state index in [2.05, 4.69) is 4.98 Å². The van der Waals surface area contributed by atoms with Crippen molar-refractivity contribution in [2.75, 3.05) is 5.75 Å². The van der Waals surface area contributed by atoms with Crippen molar-refractivity contribution in [3.05, 3.63) is 100 Å². The number of halogens is 1. The molecule has 0 bridgehead atoms. The fourth-order valence-corrected chi connectivity index (χ4v) is 3.90. The van der Waals surface area contributed by atoms with Crippen LogP contribution in [-0.2, 0) is 0 Å². The van der Waals surface area contributed by atoms with Gasteiger partial charge in [0, 0.05) is 5.56 Å². The number of aryl methyl sites for hydroxylation is 1. The zero-order valence-electron chi connectivity index (χ0n) is 15.6. The number of ketones is 1. The Morgan fingerprint density at radius 3 is 2.52 bits per heavy atom. The highest BCUT2D eigenvalue weighted by atomic mass is 32.2. The van der Waals surface area contributed by atoms with E-state index in [1.165, 1.54) is 10.6 Å². The van der Waals surface area contributed by atoms with Crippen LogP contribution in [0, 0.1) is 12.7 Å². The van der Waals surface area contributed by atoms with Gasteiger partial charge in [-0.2, -0.15) is 0 Å². The topological polar surface area (TPSA) is 52.0 Å². The number of aromatic nitrogens is 2. The molecule has 0 amide bonds. The fourth-order valence-electron chi connectivity index (χ4n) is 3.00. The molecule has 0 aliphatic rings. The second-order valence-corrected chi connectivity index (χ2v) is 7.51. The van der Waals surface area contributed by atoms with Crippen molar-refractivity contribution >= 4 is 28.4 Å². The summed E-state index contributed by atoms with van der Waals surface area (Å²) in [5, 5.41) is 0.786. The van der Waals surface area contributed by atoms with Gasteiger partial charge in [0.2, 0.25) is 0 Å². The van der Waals surface area contributed by atoms with Crippen molar-refractivity contribution < 1.29 is 9.18 Å². The van der Waals surface area contributed by atoms with E-state index in [-0.39, 0.29) is 17.1 Å². The normalized spacial score (nSPS) is 11.0. The monoisotopic (exact) mass is 404 g/mol. The highest BCUT2D eigenvalue weighted by molar-refractivity contribution is 7.99. The lowest BCUT2D eigenvalue weighted by atomic mass is 10.2. The van der Waals surface area contributed by atoms with Crippen LogP contribution in [0.15, 0.2) is 82.7 Å². The molecule has 1 heterocycles. The summed E-state index contributed by atoms with van der Waals surface area (Å²) >= 11 is 1.16. The van der Waals surface area contributed by atoms with E-state index in [9.17, 15) is 14.0 Å². The van der Waals surface area contributed by atoms with Crippen molar-refractivity contribution in [3.63, 3.8) is 0 Å². The molecule has 0 aliphatic heterocycles. The van der Waals surface area contributed by atoms with Gasteiger partial charge in [-0.05, 0) is 36.8 Å². The molecule has 1 aromatic heterocycles. The number of fused-ring (bicyclic) bond motifs is 1. The van der Waals surface area contributed by atoms with E-state index in [0.717, 1.165) is 11.8 Å². The van der Waals surface area contributed by atoms with E-state index in [1.807, 2.05) is 6.07 Å². The number of Topliss-reactive ketones (excluding diaryl/α,β-unsaturated/α-hetero) is 1. The molecule has 4 nitrogen and oxygen atoms in total. The maximum Gasteiger partial charge on any atom is 0.266 e. The quantitative estimate of drug-likeness (QED) is 0.272. The first-order chi connectivity index (χ1) is 14.0. The summed E-state index contributed by atoms with van der Waals surface area (Å²) in [6.45, 7) is 1.66. The molecule has 3 aromatic carbocycles. The molecule has 4 rings (SSSR count). The van der Waals surface area contributed by atoms with Gasteiger partial charge in [0.1, 0.15) is 5.82 Å². The summed E-state index contributed by atoms with van der Waals surface area (Å²) in [5.41, 5.74) is 1.70. The predicted molar refractivity (Wildman–Crippen MR) is 114 cm³/mol. The van der Waals surface area contributed by atoms with E-state index in [0.29, 0.717) is 32.9 Å². The average molecular weight is 404 g/mol. The molecule has 0 saturated heterocycles. The number of carbonyl (C=O) groups excluding carboxylic acids is 1. The molecule has 0 fully saturated rings. The Labute approximate surface area is 171 Å². The molecule has 0 unspecified atom stereocenters. The van der Waals surface area contributed by atoms with E-state index in [1.54, 1.807) is 67.6 Å². The average Bonchev–Trinajstić information content (AvgIpc) is 2.75. The standard InChI is InChI=1S/C23H17FN2O2S/c1-15-11-12-17(13-19(15)24)26-22(28)18-9-5-6-10-20(18)25-23(26)29-14-21(27)16-7-3-2-4-8-16/h2-13H,14H2,1H3. The molecular weight excluding hydrogens is 387 g/mol. The zero-order valence-corrected chi connectivity index (χ0v) is 16.4. The minimum atomic E-state index is -0.404. The summed E-state index contributed by atoms with van der Waals surface area (Å²) in [5.74, 6) is -0.359. The van der Waals surface area contributed by atoms with Crippen LogP contribution in [0.4, 0.5) is 4.39 Å². The highest BCUT2D eigenvalue weighted by Crippen LogP contribution is 2.23. The Balaban J connectivity index is 1.80. The van der Waals surface area contributed by atoms with Crippen LogP contribution in [-0.4, -0.2) is 21.1 Å². The SMILES string of the molecule is Cc1ccc(-n2c(SCC(=O)c3ccccc3)nc3ccccc3c2=O)cc1F. The van der Waals surface area contributed by atoms with Crippen molar-refractivity contribution in [2.45, 2.75) is 12.1 Å². The molecule has 0 radical (unpaired) electrons. The Morgan fingerprint density at radius 1 is 1.03 bits per heavy atom. The van der Waals surface area contributed by atoms with Crippen molar-refractivity contribution in [2.24, 2.45) is 0 Å². The number of rotatable bonds is 5. The Kier molecular flexibility index (Phi) is 5.27. The summed E-state index contributed by atoms with van der Waals surface area (Å²) < 4.78 is 15.5. The third kappa shape index (κ3) is 3.84. The first kappa shape index (κ1) is 19.1. The summed E-state index contributed by atoms with van der Waals surface area (Å²) in [7, 11) is 0. The lowest BCUT2D eigenvalue weighted by molar-refractivity contribution is 0.102. The van der Waals surface area contributed by atoms with Gasteiger partial charge < -0.3 is 0 Å². The van der Waals surface area contributed by atoms with Gasteiger partial charge in [-0.15, -0.1) is 0 Å². The number of carbonyl (C=O) groups is 1. The van der Waals surface area contributed by atoms with Gasteiger partial charge in [0.15, 0.2) is 10.9 Å². The highest BCUT2D eigenvalue weighted by Gasteiger charge is 2.16. The number of nitrogens with zero attached hydrogens (tertiary/aromatic N) is 2. The number of para-hydroxylation sites is 1. The van der Waals surface area contributed by atoms with Crippen LogP contribution in [0.1, 0.15) is 15.9 Å². The Bertz CT molecular complexity index is 1270. The molecule has 0 spiro atoms. The van der Waals surface area contributed by atoms with Crippen LogP contribution < -0.4 is 5.56 Å². The van der Waals surface area contributed by atoms with Gasteiger partial charge in [-0.3, -0.25) is 14.2 Å². The molecule has 144 valence electrons. The minimum Gasteiger partial charge on any atom is -0.293 e. The molecular formula is C23H17FN2O2S. The van der Waals surface area contributed by atoms with Crippen LogP contribution in [0.5, 0.6) is 0 Å². The molecule has 4 aromatic rings. The van der Waals surface area contributed by atoms with Gasteiger partial charge in [0.05, 0.1) is 22.3 Å². The minimum absolute atomic E-state index is 0.0698. The Morgan fingerprint density at radius 2 is 1.76 bits per heavy atom. The molecule has 29 heavy (non-hydrogen) atoms. The van der Waals surface area contributed by atoms with E-state index in [4.69, 9.17) is 0 Å². The molecule has 0 saturated carbocycles. The number of hydrogen-bond donors (Lipinski definition) is 0. The Hall–Kier alpha value is -3.25. The van der Waals surface area contributed by atoms with Crippen LogP contribution in [0.2, 0.25) is 0 Å². The molecule has 0 N–H and O–H groups in total. The van der Waals surface area contributed by atoms with Gasteiger partial charge in [-0.25, -0.2) is 9.37 Å². The third-order valence-corrected chi connectivity index (χ3v) is 5.53. The smallest absolute Gasteiger partial charge is 0.266 e. The van der Waals surface area contributed by atoms with Crippen LogP contribution >= 0.6 is 11.8 Å². The van der Waals surface area contributed by atoms with Gasteiger partial charge in [-0.1, -0.05) is 60.3 Å². The maximum absolute atomic E-state index is 14.2. The molecule has 6 heteroatoms. The fraction of sp³-hybridized carbons (Fsp3) is 0.0870. The second-order valence-electron chi connectivity index (χ2n) is 6.56. The summed E-state index contributed by atoms with van der Waals surface area (Å²) in [6.07, 6.45) is 0. The number of benzene rings is 3.